The molecule has 1 aromatic carbocycles. The fourth-order valence-corrected chi connectivity index (χ4v) is 1.48. The number of carbonyl (C=O) groups is 2. The highest BCUT2D eigenvalue weighted by Crippen LogP contribution is 2.25. The summed E-state index contributed by atoms with van der Waals surface area (Å²) in [6, 6.07) is 3.24. The van der Waals surface area contributed by atoms with Crippen molar-refractivity contribution in [1.82, 2.24) is 10.2 Å². The number of nitrogens with one attached hydrogen (secondary N) is 1. The van der Waals surface area contributed by atoms with E-state index in [1.807, 2.05) is 0 Å². The number of aromatic hydroxyl groups is 2. The number of hydrogen-bond donors (Lipinski definition) is 3. The molecule has 2 rings (SSSR count). The molecule has 1 saturated heterocycles. The largest absolute Gasteiger partial charge is 0.504 e. The fourth-order valence-electron chi connectivity index (χ4n) is 1.48. The van der Waals surface area contributed by atoms with Gasteiger partial charge >= 0.3 is 6.03 Å². The molecule has 0 radical (unpaired) electrons. The molecule has 1 fully saturated rings. The number of rotatable bonds is 1. The van der Waals surface area contributed by atoms with Crippen molar-refractivity contribution < 1.29 is 19.8 Å². The summed E-state index contributed by atoms with van der Waals surface area (Å²) >= 11 is 0. The number of hydrogen-bond acceptors (Lipinski definition) is 4. The average molecular weight is 222 g/mol. The lowest BCUT2D eigenvalue weighted by Crippen LogP contribution is -2.34. The van der Waals surface area contributed by atoms with Crippen LogP contribution < -0.4 is 5.32 Å². The molecule has 6 heteroatoms. The smallest absolute Gasteiger partial charge is 0.324 e. The molecule has 0 spiro atoms. The van der Waals surface area contributed by atoms with Gasteiger partial charge in [-0.3, -0.25) is 9.69 Å². The molecule has 3 amide bonds. The number of benzene rings is 1. The SMILES string of the molecule is O=C1NCCN1C(=O)c1ccc(O)c(O)c1. The Morgan fingerprint density at radius 2 is 2.06 bits per heavy atom. The van der Waals surface area contributed by atoms with E-state index in [4.69, 9.17) is 5.11 Å². The predicted octanol–water partition coefficient (Wildman–Crippen LogP) is 0.263. The van der Waals surface area contributed by atoms with E-state index in [1.165, 1.54) is 12.1 Å². The number of phenolic OH excluding ortho intramolecular Hbond substituents is 2. The van der Waals surface area contributed by atoms with Gasteiger partial charge in [0, 0.05) is 18.7 Å². The van der Waals surface area contributed by atoms with Crippen LogP contribution in [0, 0.1) is 0 Å². The maximum atomic E-state index is 11.8. The van der Waals surface area contributed by atoms with E-state index in [0.29, 0.717) is 13.1 Å². The summed E-state index contributed by atoms with van der Waals surface area (Å²) in [6.07, 6.45) is 0. The van der Waals surface area contributed by atoms with Gasteiger partial charge in [0.2, 0.25) is 0 Å². The molecule has 16 heavy (non-hydrogen) atoms. The summed E-state index contributed by atoms with van der Waals surface area (Å²) in [5.74, 6) is -1.18. The summed E-state index contributed by atoms with van der Waals surface area (Å²) in [5, 5.41) is 20.8. The highest BCUT2D eigenvalue weighted by molar-refractivity contribution is 6.05. The van der Waals surface area contributed by atoms with Gasteiger partial charge in [-0.05, 0) is 18.2 Å². The molecule has 0 aromatic heterocycles. The first-order valence-electron chi connectivity index (χ1n) is 4.71. The Morgan fingerprint density at radius 3 is 2.62 bits per heavy atom. The Hall–Kier alpha value is -2.24. The highest BCUT2D eigenvalue weighted by atomic mass is 16.3. The van der Waals surface area contributed by atoms with Crippen molar-refractivity contribution in [3.8, 4) is 11.5 Å². The molecule has 0 aliphatic carbocycles. The Morgan fingerprint density at radius 1 is 1.31 bits per heavy atom. The minimum absolute atomic E-state index is 0.160. The van der Waals surface area contributed by atoms with E-state index in [-0.39, 0.29) is 17.1 Å². The molecular weight excluding hydrogens is 212 g/mol. The Balaban J connectivity index is 2.27. The van der Waals surface area contributed by atoms with Gasteiger partial charge in [-0.15, -0.1) is 0 Å². The summed E-state index contributed by atoms with van der Waals surface area (Å²) in [6.45, 7) is 0.730. The number of imide groups is 1. The molecule has 1 aliphatic rings. The molecule has 84 valence electrons. The third-order valence-electron chi connectivity index (χ3n) is 2.32. The summed E-state index contributed by atoms with van der Waals surface area (Å²) < 4.78 is 0. The van der Waals surface area contributed by atoms with Crippen LogP contribution in [0.25, 0.3) is 0 Å². The van der Waals surface area contributed by atoms with Gasteiger partial charge in [0.1, 0.15) is 0 Å². The Bertz CT molecular complexity index is 458. The number of nitrogens with zero attached hydrogens (tertiary/aromatic N) is 1. The van der Waals surface area contributed by atoms with Crippen molar-refractivity contribution >= 4 is 11.9 Å². The third-order valence-corrected chi connectivity index (χ3v) is 2.32. The van der Waals surface area contributed by atoms with Crippen LogP contribution in [0.1, 0.15) is 10.4 Å². The van der Waals surface area contributed by atoms with E-state index in [2.05, 4.69) is 5.32 Å². The van der Waals surface area contributed by atoms with E-state index < -0.39 is 11.9 Å². The first-order chi connectivity index (χ1) is 7.59. The topological polar surface area (TPSA) is 89.9 Å². The zero-order valence-corrected chi connectivity index (χ0v) is 8.30. The van der Waals surface area contributed by atoms with Gasteiger partial charge < -0.3 is 15.5 Å². The predicted molar refractivity (Wildman–Crippen MR) is 54.2 cm³/mol. The van der Waals surface area contributed by atoms with Crippen LogP contribution in [-0.4, -0.2) is 40.1 Å². The normalized spacial score (nSPS) is 15.0. The minimum atomic E-state index is -0.495. The maximum Gasteiger partial charge on any atom is 0.324 e. The number of carbonyl (C=O) groups excluding carboxylic acids is 2. The lowest BCUT2D eigenvalue weighted by atomic mass is 10.2. The number of urea groups is 1. The highest BCUT2D eigenvalue weighted by Gasteiger charge is 2.27. The fraction of sp³-hybridized carbons (Fsp3) is 0.200. The van der Waals surface area contributed by atoms with Gasteiger partial charge in [-0.1, -0.05) is 0 Å². The van der Waals surface area contributed by atoms with Crippen molar-refractivity contribution in [1.29, 1.82) is 0 Å². The first kappa shape index (κ1) is 10.3. The van der Waals surface area contributed by atoms with Crippen LogP contribution in [0.3, 0.4) is 0 Å². The van der Waals surface area contributed by atoms with Gasteiger partial charge in [0.15, 0.2) is 11.5 Å². The van der Waals surface area contributed by atoms with Crippen LogP contribution >= 0.6 is 0 Å². The summed E-state index contributed by atoms with van der Waals surface area (Å²) in [4.78, 5) is 24.1. The molecule has 1 heterocycles. The molecular formula is C10H10N2O4. The van der Waals surface area contributed by atoms with Gasteiger partial charge in [0.05, 0.1) is 0 Å². The second kappa shape index (κ2) is 3.73. The van der Waals surface area contributed by atoms with Crippen LogP contribution in [0.4, 0.5) is 4.79 Å². The van der Waals surface area contributed by atoms with Gasteiger partial charge in [-0.25, -0.2) is 4.79 Å². The van der Waals surface area contributed by atoms with Crippen molar-refractivity contribution in [2.45, 2.75) is 0 Å². The Labute approximate surface area is 91.1 Å². The molecule has 0 saturated carbocycles. The maximum absolute atomic E-state index is 11.8. The first-order valence-corrected chi connectivity index (χ1v) is 4.71. The molecule has 0 atom stereocenters. The van der Waals surface area contributed by atoms with E-state index >= 15 is 0 Å². The van der Waals surface area contributed by atoms with Crippen molar-refractivity contribution in [3.05, 3.63) is 23.8 Å². The van der Waals surface area contributed by atoms with Crippen LogP contribution in [0.2, 0.25) is 0 Å². The van der Waals surface area contributed by atoms with Gasteiger partial charge in [0.25, 0.3) is 5.91 Å². The van der Waals surface area contributed by atoms with Crippen molar-refractivity contribution in [2.75, 3.05) is 13.1 Å². The molecule has 1 aromatic rings. The summed E-state index contributed by atoms with van der Waals surface area (Å²) in [7, 11) is 0. The second-order valence-corrected chi connectivity index (χ2v) is 3.39. The lowest BCUT2D eigenvalue weighted by molar-refractivity contribution is 0.0829. The van der Waals surface area contributed by atoms with Crippen LogP contribution in [0.15, 0.2) is 18.2 Å². The standard InChI is InChI=1S/C10H10N2O4/c13-7-2-1-6(5-8(7)14)9(15)12-4-3-11-10(12)16/h1-2,5,13-14H,3-4H2,(H,11,16). The van der Waals surface area contributed by atoms with Crippen molar-refractivity contribution in [3.63, 3.8) is 0 Å². The molecule has 0 unspecified atom stereocenters. The monoisotopic (exact) mass is 222 g/mol. The van der Waals surface area contributed by atoms with E-state index in [1.54, 1.807) is 0 Å². The number of phenols is 2. The third kappa shape index (κ3) is 1.65. The minimum Gasteiger partial charge on any atom is -0.504 e. The zero-order chi connectivity index (χ0) is 11.7. The Kier molecular flexibility index (Phi) is 2.40. The average Bonchev–Trinajstić information content (AvgIpc) is 2.67. The van der Waals surface area contributed by atoms with Gasteiger partial charge in [-0.2, -0.15) is 0 Å². The lowest BCUT2D eigenvalue weighted by Gasteiger charge is -2.12. The van der Waals surface area contributed by atoms with E-state index in [9.17, 15) is 14.7 Å². The van der Waals surface area contributed by atoms with Crippen molar-refractivity contribution in [2.24, 2.45) is 0 Å². The van der Waals surface area contributed by atoms with E-state index in [0.717, 1.165) is 11.0 Å². The van der Waals surface area contributed by atoms with Crippen LogP contribution in [-0.2, 0) is 0 Å². The molecule has 3 N–H and O–H groups in total. The quantitative estimate of drug-likeness (QED) is 0.594. The summed E-state index contributed by atoms with van der Waals surface area (Å²) in [5.41, 5.74) is 0.160. The van der Waals surface area contributed by atoms with Crippen LogP contribution in [0.5, 0.6) is 11.5 Å². The molecule has 0 bridgehead atoms. The molecule has 1 aliphatic heterocycles. The second-order valence-electron chi connectivity index (χ2n) is 3.39. The zero-order valence-electron chi connectivity index (χ0n) is 8.30. The molecule has 6 nitrogen and oxygen atoms in total. The number of amides is 3.